The Hall–Kier alpha value is -6.28. The molecule has 0 N–H and O–H groups in total. The molecule has 8 nitrogen and oxygen atoms in total. The zero-order chi connectivity index (χ0) is 35.9. The van der Waals surface area contributed by atoms with Crippen molar-refractivity contribution in [2.24, 2.45) is 0 Å². The van der Waals surface area contributed by atoms with Crippen molar-refractivity contribution in [3.63, 3.8) is 0 Å². The topological polar surface area (TPSA) is 103 Å². The van der Waals surface area contributed by atoms with Crippen LogP contribution in [0.1, 0.15) is 22.8 Å². The van der Waals surface area contributed by atoms with Gasteiger partial charge in [0.2, 0.25) is 0 Å². The number of hydrogen-bond acceptors (Lipinski definition) is 8. The first kappa shape index (κ1) is 36.5. The summed E-state index contributed by atoms with van der Waals surface area (Å²) < 4.78 is 0. The molecule has 0 spiro atoms. The number of benzene rings is 4. The molecular formula is C44H36CuN8. The van der Waals surface area contributed by atoms with Crippen molar-refractivity contribution < 1.29 is 17.1 Å². The quantitative estimate of drug-likeness (QED) is 0.155. The smallest absolute Gasteiger partial charge is 0.198 e. The van der Waals surface area contributed by atoms with Crippen LogP contribution in [0.3, 0.4) is 0 Å². The van der Waals surface area contributed by atoms with Gasteiger partial charge < -0.3 is 0 Å². The maximum absolute atomic E-state index is 4.71. The minimum absolute atomic E-state index is 0. The van der Waals surface area contributed by atoms with Crippen LogP contribution in [0.25, 0.3) is 68.3 Å². The summed E-state index contributed by atoms with van der Waals surface area (Å²) in [6, 6.07) is 48.2. The van der Waals surface area contributed by atoms with Gasteiger partial charge in [-0.3, -0.25) is 0 Å². The Labute approximate surface area is 320 Å². The summed E-state index contributed by atoms with van der Waals surface area (Å²) in [5.41, 5.74) is 11.3. The number of nitrogens with zero attached hydrogens (tertiary/aromatic N) is 8. The van der Waals surface area contributed by atoms with E-state index in [-0.39, 0.29) is 17.1 Å². The van der Waals surface area contributed by atoms with Gasteiger partial charge in [0.05, 0.1) is 22.8 Å². The van der Waals surface area contributed by atoms with Crippen molar-refractivity contribution in [1.29, 1.82) is 0 Å². The summed E-state index contributed by atoms with van der Waals surface area (Å²) in [5.74, 6) is 2.18. The van der Waals surface area contributed by atoms with Gasteiger partial charge >= 0.3 is 0 Å². The van der Waals surface area contributed by atoms with E-state index < -0.39 is 0 Å². The summed E-state index contributed by atoms with van der Waals surface area (Å²) >= 11 is 0. The minimum atomic E-state index is 0. The van der Waals surface area contributed by atoms with E-state index in [1.54, 1.807) is 0 Å². The second kappa shape index (κ2) is 16.8. The predicted molar refractivity (Wildman–Crippen MR) is 207 cm³/mol. The molecule has 8 rings (SSSR count). The van der Waals surface area contributed by atoms with Crippen LogP contribution in [-0.2, 0) is 17.1 Å². The van der Waals surface area contributed by atoms with Crippen LogP contribution in [0.15, 0.2) is 146 Å². The fourth-order valence-corrected chi connectivity index (χ4v) is 5.70. The van der Waals surface area contributed by atoms with Gasteiger partial charge in [0.1, 0.15) is 0 Å². The Balaban J connectivity index is 0.000000178. The van der Waals surface area contributed by atoms with Crippen molar-refractivity contribution >= 4 is 0 Å². The van der Waals surface area contributed by atoms with Crippen molar-refractivity contribution in [1.82, 2.24) is 39.9 Å². The fourth-order valence-electron chi connectivity index (χ4n) is 5.70. The second-order valence-electron chi connectivity index (χ2n) is 12.3. The Kier molecular flexibility index (Phi) is 11.6. The molecule has 9 heteroatoms. The Morgan fingerprint density at radius 2 is 0.453 bits per heavy atom. The van der Waals surface area contributed by atoms with Crippen molar-refractivity contribution in [3.05, 3.63) is 168 Å². The van der Waals surface area contributed by atoms with E-state index in [0.717, 1.165) is 67.8 Å². The molecule has 0 aliphatic heterocycles. The average Bonchev–Trinajstić information content (AvgIpc) is 3.18. The molecule has 0 unspecified atom stereocenters. The zero-order valence-electron chi connectivity index (χ0n) is 29.7. The first-order valence-corrected chi connectivity index (χ1v) is 17.0. The molecule has 0 saturated carbocycles. The third-order valence-electron chi connectivity index (χ3n) is 8.10. The molecule has 4 aromatic carbocycles. The Morgan fingerprint density at radius 3 is 0.642 bits per heavy atom. The molecule has 0 atom stereocenters. The summed E-state index contributed by atoms with van der Waals surface area (Å²) in [6.07, 6.45) is 0. The molecule has 0 amide bonds. The minimum Gasteiger partial charge on any atom is -0.231 e. The summed E-state index contributed by atoms with van der Waals surface area (Å²) in [5, 5.41) is 0. The molecular weight excluding hydrogens is 704 g/mol. The number of hydrogen-bond donors (Lipinski definition) is 0. The summed E-state index contributed by atoms with van der Waals surface area (Å²) in [7, 11) is 0. The molecule has 8 aromatic rings. The molecule has 4 aromatic heterocycles. The molecule has 0 saturated heterocycles. The Bertz CT molecular complexity index is 2100. The van der Waals surface area contributed by atoms with Gasteiger partial charge in [0.25, 0.3) is 0 Å². The number of rotatable bonds is 6. The summed E-state index contributed by atoms with van der Waals surface area (Å²) in [4.78, 5) is 37.1. The van der Waals surface area contributed by atoms with Gasteiger partial charge in [-0.1, -0.05) is 121 Å². The van der Waals surface area contributed by atoms with Crippen molar-refractivity contribution in [3.8, 4) is 68.3 Å². The van der Waals surface area contributed by atoms with E-state index in [1.807, 2.05) is 173 Å². The van der Waals surface area contributed by atoms with E-state index in [2.05, 4.69) is 19.9 Å². The van der Waals surface area contributed by atoms with Crippen LogP contribution < -0.4 is 0 Å². The van der Waals surface area contributed by atoms with E-state index in [9.17, 15) is 0 Å². The van der Waals surface area contributed by atoms with Crippen LogP contribution in [-0.4, -0.2) is 39.9 Å². The molecule has 4 heterocycles. The molecule has 0 fully saturated rings. The van der Waals surface area contributed by atoms with Gasteiger partial charge in [0.15, 0.2) is 23.3 Å². The molecule has 0 bridgehead atoms. The standard InChI is InChI=1S/2C22H18N4.Cu/c2*1-15-13-19(17-9-5-3-6-10-17)25-21(23-15)22-24-16(2)14-20(26-22)18-11-7-4-8-12-18;/h2*3-14H,1-2H3;. The van der Waals surface area contributed by atoms with E-state index in [1.165, 1.54) is 0 Å². The SMILES string of the molecule is Cc1cc(-c2ccccc2)nc(-c2nc(C)cc(-c3ccccc3)n2)n1.Cc1cc(-c2ccccc2)nc(-c2nc(C)cc(-c3ccccc3)n2)n1.[Cu]. The van der Waals surface area contributed by atoms with E-state index in [4.69, 9.17) is 19.9 Å². The third-order valence-corrected chi connectivity index (χ3v) is 8.10. The zero-order valence-corrected chi connectivity index (χ0v) is 30.7. The molecule has 1 radical (unpaired) electrons. The molecule has 0 aliphatic carbocycles. The third kappa shape index (κ3) is 9.15. The fraction of sp³-hybridized carbons (Fsp3) is 0.0909. The molecule has 53 heavy (non-hydrogen) atoms. The van der Waals surface area contributed by atoms with Crippen LogP contribution in [0.5, 0.6) is 0 Å². The van der Waals surface area contributed by atoms with Crippen LogP contribution in [0, 0.1) is 27.7 Å². The monoisotopic (exact) mass is 739 g/mol. The molecule has 0 aliphatic rings. The average molecular weight is 740 g/mol. The van der Waals surface area contributed by atoms with Crippen LogP contribution in [0.2, 0.25) is 0 Å². The largest absolute Gasteiger partial charge is 0.231 e. The second-order valence-corrected chi connectivity index (χ2v) is 12.3. The predicted octanol–water partition coefficient (Wildman–Crippen LogP) is 9.77. The van der Waals surface area contributed by atoms with Crippen molar-refractivity contribution in [2.45, 2.75) is 27.7 Å². The number of aryl methyl sites for hydroxylation is 4. The van der Waals surface area contributed by atoms with Crippen LogP contribution in [0.4, 0.5) is 0 Å². The normalized spacial score (nSPS) is 10.5. The Morgan fingerprint density at radius 1 is 0.264 bits per heavy atom. The summed E-state index contributed by atoms with van der Waals surface area (Å²) in [6.45, 7) is 7.86. The van der Waals surface area contributed by atoms with E-state index in [0.29, 0.717) is 23.3 Å². The van der Waals surface area contributed by atoms with Gasteiger partial charge in [-0.2, -0.15) is 0 Å². The first-order valence-electron chi connectivity index (χ1n) is 17.0. The van der Waals surface area contributed by atoms with Gasteiger partial charge in [-0.25, -0.2) is 39.9 Å². The maximum Gasteiger partial charge on any atom is 0.198 e. The van der Waals surface area contributed by atoms with E-state index >= 15 is 0 Å². The maximum atomic E-state index is 4.71. The van der Waals surface area contributed by atoms with Crippen molar-refractivity contribution in [2.75, 3.05) is 0 Å². The van der Waals surface area contributed by atoms with Gasteiger partial charge in [-0.15, -0.1) is 0 Å². The first-order chi connectivity index (χ1) is 25.4. The molecule has 263 valence electrons. The van der Waals surface area contributed by atoms with Crippen LogP contribution >= 0.6 is 0 Å². The van der Waals surface area contributed by atoms with Gasteiger partial charge in [0, 0.05) is 62.1 Å². The number of aromatic nitrogens is 8. The van der Waals surface area contributed by atoms with Gasteiger partial charge in [-0.05, 0) is 52.0 Å².